The number of ether oxygens (including phenoxy) is 1. The number of rotatable bonds is 10. The van der Waals surface area contributed by atoms with E-state index in [0.29, 0.717) is 0 Å². The minimum atomic E-state index is -0.0387. The van der Waals surface area contributed by atoms with Gasteiger partial charge in [-0.15, -0.1) is 0 Å². The molecule has 126 valence electrons. The lowest BCUT2D eigenvalue weighted by molar-refractivity contribution is -0.000756. The van der Waals surface area contributed by atoms with E-state index in [2.05, 4.69) is 55.4 Å². The van der Waals surface area contributed by atoms with Gasteiger partial charge in [-0.1, -0.05) is 13.0 Å². The van der Waals surface area contributed by atoms with Crippen LogP contribution in [0.1, 0.15) is 51.8 Å². The highest BCUT2D eigenvalue weighted by Gasteiger charge is 2.08. The largest absolute Gasteiger partial charge is 0.375 e. The highest BCUT2D eigenvalue weighted by Crippen LogP contribution is 2.14. The van der Waals surface area contributed by atoms with Gasteiger partial charge in [-0.2, -0.15) is 0 Å². The molecule has 1 aromatic rings. The first-order valence-electron chi connectivity index (χ1n) is 8.47. The summed E-state index contributed by atoms with van der Waals surface area (Å²) in [5.41, 5.74) is 2.42. The molecule has 4 heteroatoms. The minimum Gasteiger partial charge on any atom is -0.375 e. The Labute approximate surface area is 136 Å². The van der Waals surface area contributed by atoms with Gasteiger partial charge in [-0.25, -0.2) is 4.98 Å². The molecular weight excluding hydrogens is 274 g/mol. The highest BCUT2D eigenvalue weighted by atomic mass is 16.5. The van der Waals surface area contributed by atoms with Crippen LogP contribution in [0.25, 0.3) is 0 Å². The van der Waals surface area contributed by atoms with Crippen molar-refractivity contribution in [1.82, 2.24) is 10.3 Å². The zero-order chi connectivity index (χ0) is 16.4. The number of hydrogen-bond acceptors (Lipinski definition) is 4. The normalized spacial score (nSPS) is 11.7. The highest BCUT2D eigenvalue weighted by molar-refractivity contribution is 5.44. The summed E-state index contributed by atoms with van der Waals surface area (Å²) in [5.74, 6) is 1.03. The van der Waals surface area contributed by atoms with E-state index >= 15 is 0 Å². The maximum atomic E-state index is 5.67. The molecule has 0 aliphatic heterocycles. The van der Waals surface area contributed by atoms with Gasteiger partial charge >= 0.3 is 0 Å². The molecule has 4 nitrogen and oxygen atoms in total. The van der Waals surface area contributed by atoms with Crippen molar-refractivity contribution >= 4 is 5.82 Å². The Morgan fingerprint density at radius 2 is 1.91 bits per heavy atom. The SMILES string of the molecule is CCc1ccc(CCCCNCCOC(C)(C)C)nc1NC. The van der Waals surface area contributed by atoms with Gasteiger partial charge in [0.25, 0.3) is 0 Å². The monoisotopic (exact) mass is 307 g/mol. The first-order chi connectivity index (χ1) is 10.5. The van der Waals surface area contributed by atoms with E-state index in [1.807, 2.05) is 7.05 Å². The number of hydrogen-bond donors (Lipinski definition) is 2. The van der Waals surface area contributed by atoms with Gasteiger partial charge < -0.3 is 15.4 Å². The Morgan fingerprint density at radius 3 is 2.55 bits per heavy atom. The van der Waals surface area contributed by atoms with Gasteiger partial charge in [-0.3, -0.25) is 0 Å². The van der Waals surface area contributed by atoms with Gasteiger partial charge in [0.05, 0.1) is 12.2 Å². The van der Waals surface area contributed by atoms with Gasteiger partial charge in [-0.05, 0) is 64.6 Å². The van der Waals surface area contributed by atoms with Crippen molar-refractivity contribution in [3.63, 3.8) is 0 Å². The zero-order valence-corrected chi connectivity index (χ0v) is 15.0. The first kappa shape index (κ1) is 18.9. The second-order valence-corrected chi connectivity index (χ2v) is 6.58. The molecule has 2 N–H and O–H groups in total. The minimum absolute atomic E-state index is 0.0387. The summed E-state index contributed by atoms with van der Waals surface area (Å²) in [4.78, 5) is 4.68. The Morgan fingerprint density at radius 1 is 1.14 bits per heavy atom. The average Bonchev–Trinajstić information content (AvgIpc) is 2.48. The number of aromatic nitrogens is 1. The van der Waals surface area contributed by atoms with Crippen LogP contribution in [-0.2, 0) is 17.6 Å². The predicted molar refractivity (Wildman–Crippen MR) is 94.7 cm³/mol. The van der Waals surface area contributed by atoms with Crippen LogP contribution in [0.4, 0.5) is 5.82 Å². The van der Waals surface area contributed by atoms with Crippen molar-refractivity contribution in [2.75, 3.05) is 32.1 Å². The van der Waals surface area contributed by atoms with Crippen LogP contribution in [0, 0.1) is 0 Å². The molecule has 0 unspecified atom stereocenters. The molecule has 0 atom stereocenters. The standard InChI is InChI=1S/C18H33N3O/c1-6-15-10-11-16(21-17(15)19-5)9-7-8-12-20-13-14-22-18(2,3)4/h10-11,20H,6-9,12-14H2,1-5H3,(H,19,21). The molecule has 22 heavy (non-hydrogen) atoms. The molecule has 0 bridgehead atoms. The predicted octanol–water partition coefficient (Wildman–Crippen LogP) is 3.41. The van der Waals surface area contributed by atoms with Gasteiger partial charge in [0.2, 0.25) is 0 Å². The first-order valence-corrected chi connectivity index (χ1v) is 8.47. The van der Waals surface area contributed by atoms with Crippen LogP contribution in [0.2, 0.25) is 0 Å². The molecule has 0 aliphatic carbocycles. The van der Waals surface area contributed by atoms with Crippen LogP contribution >= 0.6 is 0 Å². The lowest BCUT2D eigenvalue weighted by Gasteiger charge is -2.19. The summed E-state index contributed by atoms with van der Waals surface area (Å²) >= 11 is 0. The fraction of sp³-hybridized carbons (Fsp3) is 0.722. The van der Waals surface area contributed by atoms with E-state index in [9.17, 15) is 0 Å². The molecular formula is C18H33N3O. The van der Waals surface area contributed by atoms with E-state index in [1.165, 1.54) is 17.7 Å². The van der Waals surface area contributed by atoms with Crippen LogP contribution < -0.4 is 10.6 Å². The second-order valence-electron chi connectivity index (χ2n) is 6.58. The molecule has 1 heterocycles. The molecule has 1 rings (SSSR count). The molecule has 1 aromatic heterocycles. The topological polar surface area (TPSA) is 46.2 Å². The average molecular weight is 307 g/mol. The third kappa shape index (κ3) is 7.76. The number of nitrogens with one attached hydrogen (secondary N) is 2. The molecule has 0 fully saturated rings. The van der Waals surface area contributed by atoms with E-state index in [1.54, 1.807) is 0 Å². The van der Waals surface area contributed by atoms with E-state index in [4.69, 9.17) is 4.74 Å². The Balaban J connectivity index is 2.15. The van der Waals surface area contributed by atoms with Crippen molar-refractivity contribution in [2.24, 2.45) is 0 Å². The van der Waals surface area contributed by atoms with Crippen LogP contribution in [0.3, 0.4) is 0 Å². The number of nitrogens with zero attached hydrogens (tertiary/aromatic N) is 1. The third-order valence-corrected chi connectivity index (χ3v) is 3.50. The Kier molecular flexibility index (Phi) is 8.43. The van der Waals surface area contributed by atoms with E-state index < -0.39 is 0 Å². The number of unbranched alkanes of at least 4 members (excludes halogenated alkanes) is 1. The fourth-order valence-electron chi connectivity index (χ4n) is 2.28. The second kappa shape index (κ2) is 9.80. The summed E-state index contributed by atoms with van der Waals surface area (Å²) in [6.45, 7) is 11.2. The lowest BCUT2D eigenvalue weighted by atomic mass is 10.1. The van der Waals surface area contributed by atoms with Crippen LogP contribution in [0.5, 0.6) is 0 Å². The summed E-state index contributed by atoms with van der Waals surface area (Å²) < 4.78 is 5.67. The third-order valence-electron chi connectivity index (χ3n) is 3.50. The molecule has 0 aromatic carbocycles. The maximum Gasteiger partial charge on any atom is 0.129 e. The van der Waals surface area contributed by atoms with Gasteiger partial charge in [0.1, 0.15) is 5.82 Å². The van der Waals surface area contributed by atoms with Gasteiger partial charge in [0.15, 0.2) is 0 Å². The molecule has 0 amide bonds. The van der Waals surface area contributed by atoms with E-state index in [-0.39, 0.29) is 5.60 Å². The smallest absolute Gasteiger partial charge is 0.129 e. The van der Waals surface area contributed by atoms with Gasteiger partial charge in [0, 0.05) is 19.3 Å². The van der Waals surface area contributed by atoms with Crippen molar-refractivity contribution in [1.29, 1.82) is 0 Å². The number of pyridine rings is 1. The Hall–Kier alpha value is -1.13. The van der Waals surface area contributed by atoms with Crippen molar-refractivity contribution in [2.45, 2.75) is 59.0 Å². The van der Waals surface area contributed by atoms with E-state index in [0.717, 1.165) is 44.8 Å². The quantitative estimate of drug-likeness (QED) is 0.650. The maximum absolute atomic E-state index is 5.67. The van der Waals surface area contributed by atoms with Crippen molar-refractivity contribution in [3.05, 3.63) is 23.4 Å². The molecule has 0 radical (unpaired) electrons. The lowest BCUT2D eigenvalue weighted by Crippen LogP contribution is -2.27. The molecule has 0 aliphatic rings. The molecule has 0 spiro atoms. The number of anilines is 1. The van der Waals surface area contributed by atoms with Crippen LogP contribution in [0.15, 0.2) is 12.1 Å². The molecule has 0 saturated carbocycles. The van der Waals surface area contributed by atoms with Crippen molar-refractivity contribution in [3.8, 4) is 0 Å². The molecule has 0 saturated heterocycles. The summed E-state index contributed by atoms with van der Waals surface area (Å²) in [5, 5.41) is 6.61. The summed E-state index contributed by atoms with van der Waals surface area (Å²) in [6.07, 6.45) is 4.39. The summed E-state index contributed by atoms with van der Waals surface area (Å²) in [7, 11) is 1.94. The fourth-order valence-corrected chi connectivity index (χ4v) is 2.28. The van der Waals surface area contributed by atoms with Crippen LogP contribution in [-0.4, -0.2) is 37.3 Å². The Bertz CT molecular complexity index is 427. The van der Waals surface area contributed by atoms with Crippen molar-refractivity contribution < 1.29 is 4.74 Å². The summed E-state index contributed by atoms with van der Waals surface area (Å²) in [6, 6.07) is 4.35. The number of aryl methyl sites for hydroxylation is 2. The zero-order valence-electron chi connectivity index (χ0n) is 15.0.